The Bertz CT molecular complexity index is 498. The van der Waals surface area contributed by atoms with Crippen LogP contribution in [0.4, 0.5) is 4.39 Å². The number of amides is 1. The van der Waals surface area contributed by atoms with Gasteiger partial charge < -0.3 is 9.30 Å². The first-order chi connectivity index (χ1) is 8.07. The summed E-state index contributed by atoms with van der Waals surface area (Å²) in [6.07, 6.45) is 2.00. The molecule has 92 valence electrons. The number of halogens is 1. The summed E-state index contributed by atoms with van der Waals surface area (Å²) in [6.45, 7) is 2.80. The maximum atomic E-state index is 12.9. The van der Waals surface area contributed by atoms with E-state index in [-0.39, 0.29) is 11.7 Å². The molecule has 0 aromatic carbocycles. The van der Waals surface area contributed by atoms with E-state index in [2.05, 4.69) is 4.99 Å². The van der Waals surface area contributed by atoms with Crippen molar-refractivity contribution in [3.63, 3.8) is 0 Å². The molecule has 0 N–H and O–H groups in total. The molecule has 0 unspecified atom stereocenters. The first-order valence-corrected chi connectivity index (χ1v) is 5.56. The van der Waals surface area contributed by atoms with Gasteiger partial charge in [0.25, 0.3) is 5.91 Å². The van der Waals surface area contributed by atoms with E-state index in [1.54, 1.807) is 7.05 Å². The van der Waals surface area contributed by atoms with E-state index in [9.17, 15) is 9.18 Å². The molecule has 1 aliphatic rings. The number of hydrogen-bond donors (Lipinski definition) is 0. The number of ether oxygens (including phenoxy) is 1. The lowest BCUT2D eigenvalue weighted by Crippen LogP contribution is -2.48. The number of nitrogens with zero attached hydrogens (tertiary/aromatic N) is 2. The Morgan fingerprint density at radius 1 is 1.59 bits per heavy atom. The van der Waals surface area contributed by atoms with Crippen LogP contribution in [-0.2, 0) is 16.6 Å². The van der Waals surface area contributed by atoms with Crippen LogP contribution >= 0.6 is 0 Å². The van der Waals surface area contributed by atoms with E-state index >= 15 is 0 Å². The van der Waals surface area contributed by atoms with Crippen molar-refractivity contribution in [1.29, 1.82) is 0 Å². The predicted octanol–water partition coefficient (Wildman–Crippen LogP) is 1.02. The lowest BCUT2D eigenvalue weighted by Gasteiger charge is -2.37. The van der Waals surface area contributed by atoms with Gasteiger partial charge in [0.1, 0.15) is 11.3 Å². The van der Waals surface area contributed by atoms with Crippen molar-refractivity contribution >= 4 is 5.91 Å². The van der Waals surface area contributed by atoms with Gasteiger partial charge in [-0.2, -0.15) is 4.99 Å². The third-order valence-electron chi connectivity index (χ3n) is 3.17. The largest absolute Gasteiger partial charge is 0.379 e. The van der Waals surface area contributed by atoms with E-state index in [0.29, 0.717) is 25.1 Å². The summed E-state index contributed by atoms with van der Waals surface area (Å²) in [5, 5.41) is 0. The molecule has 0 aliphatic carbocycles. The van der Waals surface area contributed by atoms with Crippen LogP contribution in [-0.4, -0.2) is 23.7 Å². The fraction of sp³-hybridized carbons (Fsp3) is 0.500. The summed E-state index contributed by atoms with van der Waals surface area (Å²) < 4.78 is 19.5. The molecule has 1 aliphatic heterocycles. The van der Waals surface area contributed by atoms with Crippen LogP contribution in [0, 0.1) is 11.2 Å². The summed E-state index contributed by atoms with van der Waals surface area (Å²) in [7, 11) is 1.66. The van der Waals surface area contributed by atoms with Crippen molar-refractivity contribution in [3.05, 3.63) is 29.6 Å². The number of pyridine rings is 1. The van der Waals surface area contributed by atoms with Crippen LogP contribution in [0.3, 0.4) is 0 Å². The minimum absolute atomic E-state index is 0.187. The van der Waals surface area contributed by atoms with Crippen LogP contribution < -0.4 is 5.49 Å². The average molecular weight is 238 g/mol. The predicted molar refractivity (Wildman–Crippen MR) is 59.5 cm³/mol. The molecular weight excluding hydrogens is 223 g/mol. The van der Waals surface area contributed by atoms with E-state index in [1.807, 2.05) is 6.92 Å². The highest BCUT2D eigenvalue weighted by Gasteiger charge is 2.44. The number of carbonyl (C=O) groups is 1. The number of carbonyl (C=O) groups excluding carboxylic acids is 1. The van der Waals surface area contributed by atoms with Gasteiger partial charge in [0.05, 0.1) is 18.6 Å². The van der Waals surface area contributed by atoms with Gasteiger partial charge in [-0.05, 0) is 18.6 Å². The standard InChI is InChI=1S/C12H15FN2O2/c1-3-12(7-17-8-12)11(16)14-10-5-4-9(13)6-15(10)2/h4-6H,3,7-8H2,1-2H3/b14-10+. The highest BCUT2D eigenvalue weighted by Crippen LogP contribution is 2.32. The minimum Gasteiger partial charge on any atom is -0.379 e. The van der Waals surface area contributed by atoms with Crippen LogP contribution in [0.1, 0.15) is 13.3 Å². The fourth-order valence-corrected chi connectivity index (χ4v) is 1.73. The Hall–Kier alpha value is -1.49. The average Bonchev–Trinajstić information content (AvgIpc) is 2.21. The molecule has 0 saturated carbocycles. The number of hydrogen-bond acceptors (Lipinski definition) is 2. The fourth-order valence-electron chi connectivity index (χ4n) is 1.73. The second kappa shape index (κ2) is 4.41. The minimum atomic E-state index is -0.471. The highest BCUT2D eigenvalue weighted by atomic mass is 19.1. The van der Waals surface area contributed by atoms with Gasteiger partial charge >= 0.3 is 0 Å². The van der Waals surface area contributed by atoms with Gasteiger partial charge in [0.2, 0.25) is 0 Å². The first-order valence-electron chi connectivity index (χ1n) is 5.56. The zero-order chi connectivity index (χ0) is 12.5. The van der Waals surface area contributed by atoms with Gasteiger partial charge in [-0.3, -0.25) is 4.79 Å². The van der Waals surface area contributed by atoms with E-state index in [4.69, 9.17) is 4.74 Å². The van der Waals surface area contributed by atoms with Crippen molar-refractivity contribution in [2.24, 2.45) is 17.5 Å². The van der Waals surface area contributed by atoms with Crippen molar-refractivity contribution in [2.45, 2.75) is 13.3 Å². The zero-order valence-corrected chi connectivity index (χ0v) is 9.94. The lowest BCUT2D eigenvalue weighted by atomic mass is 9.82. The lowest BCUT2D eigenvalue weighted by molar-refractivity contribution is -0.158. The Labute approximate surface area is 98.7 Å². The zero-order valence-electron chi connectivity index (χ0n) is 9.94. The third kappa shape index (κ3) is 2.15. The van der Waals surface area contributed by atoms with Gasteiger partial charge in [-0.25, -0.2) is 4.39 Å². The molecular formula is C12H15FN2O2. The molecule has 1 saturated heterocycles. The molecule has 2 rings (SSSR count). The van der Waals surface area contributed by atoms with Gasteiger partial charge in [0, 0.05) is 13.2 Å². The summed E-state index contributed by atoms with van der Waals surface area (Å²) >= 11 is 0. The van der Waals surface area contributed by atoms with E-state index in [1.165, 1.54) is 22.9 Å². The smallest absolute Gasteiger partial charge is 0.258 e. The van der Waals surface area contributed by atoms with Crippen LogP contribution in [0.2, 0.25) is 0 Å². The molecule has 4 nitrogen and oxygen atoms in total. The van der Waals surface area contributed by atoms with Gasteiger partial charge in [-0.15, -0.1) is 0 Å². The molecule has 0 radical (unpaired) electrons. The van der Waals surface area contributed by atoms with Crippen LogP contribution in [0.5, 0.6) is 0 Å². The SMILES string of the molecule is CCC1(C(=O)/N=c2\ccc(F)cn2C)COC1. The highest BCUT2D eigenvalue weighted by molar-refractivity contribution is 5.84. The quantitative estimate of drug-likeness (QED) is 0.772. The van der Waals surface area contributed by atoms with Crippen molar-refractivity contribution in [3.8, 4) is 0 Å². The number of aromatic nitrogens is 1. The summed E-state index contributed by atoms with van der Waals surface area (Å²) in [5.74, 6) is -0.537. The molecule has 1 aromatic heterocycles. The summed E-state index contributed by atoms with van der Waals surface area (Å²) in [6, 6.07) is 2.79. The number of rotatable bonds is 2. The topological polar surface area (TPSA) is 43.6 Å². The van der Waals surface area contributed by atoms with Crippen molar-refractivity contribution < 1.29 is 13.9 Å². The monoisotopic (exact) mass is 238 g/mol. The second-order valence-electron chi connectivity index (χ2n) is 4.36. The number of aryl methyl sites for hydroxylation is 1. The van der Waals surface area contributed by atoms with Gasteiger partial charge in [-0.1, -0.05) is 6.92 Å². The molecule has 1 fully saturated rings. The first kappa shape index (κ1) is 12.0. The van der Waals surface area contributed by atoms with Crippen LogP contribution in [0.15, 0.2) is 23.3 Å². The third-order valence-corrected chi connectivity index (χ3v) is 3.17. The molecule has 0 bridgehead atoms. The Morgan fingerprint density at radius 2 is 2.29 bits per heavy atom. The second-order valence-corrected chi connectivity index (χ2v) is 4.36. The Balaban J connectivity index is 2.33. The van der Waals surface area contributed by atoms with Crippen molar-refractivity contribution in [1.82, 2.24) is 4.57 Å². The molecule has 0 spiro atoms. The molecule has 5 heteroatoms. The van der Waals surface area contributed by atoms with Crippen molar-refractivity contribution in [2.75, 3.05) is 13.2 Å². The van der Waals surface area contributed by atoms with Crippen LogP contribution in [0.25, 0.3) is 0 Å². The Kier molecular flexibility index (Phi) is 3.11. The maximum Gasteiger partial charge on any atom is 0.258 e. The molecule has 2 heterocycles. The molecule has 1 amide bonds. The molecule has 0 atom stereocenters. The van der Waals surface area contributed by atoms with E-state index in [0.717, 1.165) is 0 Å². The normalized spacial score (nSPS) is 18.9. The molecule has 1 aromatic rings. The molecule has 17 heavy (non-hydrogen) atoms. The Morgan fingerprint density at radius 3 is 2.76 bits per heavy atom. The van der Waals surface area contributed by atoms with E-state index < -0.39 is 5.41 Å². The maximum absolute atomic E-state index is 12.9. The van der Waals surface area contributed by atoms with Gasteiger partial charge in [0.15, 0.2) is 0 Å². The summed E-state index contributed by atoms with van der Waals surface area (Å²) in [4.78, 5) is 16.1. The summed E-state index contributed by atoms with van der Waals surface area (Å²) in [5.41, 5.74) is -0.0161.